The van der Waals surface area contributed by atoms with E-state index in [0.29, 0.717) is 0 Å². The van der Waals surface area contributed by atoms with Crippen LogP contribution < -0.4 is 0 Å². The van der Waals surface area contributed by atoms with Crippen LogP contribution in [0.25, 0.3) is 0 Å². The van der Waals surface area contributed by atoms with Crippen molar-refractivity contribution in [2.24, 2.45) is 0 Å². The predicted molar refractivity (Wildman–Crippen MR) is 51.7 cm³/mol. The first-order valence-electron chi connectivity index (χ1n) is 4.80. The average molecular weight is 240 g/mol. The third kappa shape index (κ3) is 7.28. The van der Waals surface area contributed by atoms with E-state index in [0.717, 1.165) is 0 Å². The van der Waals surface area contributed by atoms with E-state index < -0.39 is 31.3 Å². The monoisotopic (exact) mass is 240 g/mol. The lowest BCUT2D eigenvalue weighted by molar-refractivity contribution is -0.148. The number of alkyl halides is 3. The molecule has 0 aromatic rings. The number of ether oxygens (including phenoxy) is 1. The number of rotatable bonds is 6. The van der Waals surface area contributed by atoms with Gasteiger partial charge in [-0.3, -0.25) is 0 Å². The number of esters is 1. The van der Waals surface area contributed by atoms with Gasteiger partial charge in [0.05, 0.1) is 6.61 Å². The zero-order valence-corrected chi connectivity index (χ0v) is 9.01. The number of aliphatic hydroxyl groups is 1. The van der Waals surface area contributed by atoms with Crippen molar-refractivity contribution in [2.75, 3.05) is 6.61 Å². The van der Waals surface area contributed by atoms with Crippen molar-refractivity contribution in [3.8, 4) is 0 Å². The lowest BCUT2D eigenvalue weighted by atomic mass is 10.1. The van der Waals surface area contributed by atoms with E-state index in [-0.39, 0.29) is 18.4 Å². The third-order valence-electron chi connectivity index (χ3n) is 1.81. The van der Waals surface area contributed by atoms with E-state index in [1.54, 1.807) is 0 Å². The molecule has 0 aliphatic heterocycles. The van der Waals surface area contributed by atoms with Crippen molar-refractivity contribution >= 4 is 5.97 Å². The molecule has 0 radical (unpaired) electrons. The fourth-order valence-electron chi connectivity index (χ4n) is 0.970. The summed E-state index contributed by atoms with van der Waals surface area (Å²) in [4.78, 5) is 11.0. The molecule has 0 saturated carbocycles. The first-order valence-corrected chi connectivity index (χ1v) is 4.80. The second-order valence-corrected chi connectivity index (χ2v) is 3.50. The molecule has 94 valence electrons. The minimum absolute atomic E-state index is 0.0188. The summed E-state index contributed by atoms with van der Waals surface area (Å²) in [5.74, 6) is -0.703. The molecule has 0 heterocycles. The van der Waals surface area contributed by atoms with E-state index >= 15 is 0 Å². The summed E-state index contributed by atoms with van der Waals surface area (Å²) in [5.41, 5.74) is 0.147. The summed E-state index contributed by atoms with van der Waals surface area (Å²) < 4.78 is 40.2. The van der Waals surface area contributed by atoms with Gasteiger partial charge in [-0.2, -0.15) is 13.2 Å². The molecular weight excluding hydrogens is 225 g/mol. The van der Waals surface area contributed by atoms with Crippen LogP contribution in [0.3, 0.4) is 0 Å². The molecule has 0 spiro atoms. The van der Waals surface area contributed by atoms with E-state index in [1.807, 2.05) is 0 Å². The minimum Gasteiger partial charge on any atom is -0.457 e. The fraction of sp³-hybridized carbons (Fsp3) is 0.700. The summed E-state index contributed by atoms with van der Waals surface area (Å²) >= 11 is 0. The van der Waals surface area contributed by atoms with Gasteiger partial charge in [-0.1, -0.05) is 6.58 Å². The summed E-state index contributed by atoms with van der Waals surface area (Å²) in [6, 6.07) is 0. The third-order valence-corrected chi connectivity index (χ3v) is 1.81. The lowest BCUT2D eigenvalue weighted by Crippen LogP contribution is -2.23. The van der Waals surface area contributed by atoms with Gasteiger partial charge >= 0.3 is 12.1 Å². The Morgan fingerprint density at radius 2 is 2.06 bits per heavy atom. The molecule has 3 nitrogen and oxygen atoms in total. The molecule has 1 atom stereocenters. The van der Waals surface area contributed by atoms with Crippen LogP contribution in [0.5, 0.6) is 0 Å². The Balaban J connectivity index is 3.93. The van der Waals surface area contributed by atoms with Crippen LogP contribution >= 0.6 is 0 Å². The largest absolute Gasteiger partial charge is 0.457 e. The zero-order valence-electron chi connectivity index (χ0n) is 9.01. The van der Waals surface area contributed by atoms with Crippen molar-refractivity contribution < 1.29 is 27.8 Å². The predicted octanol–water partition coefficient (Wildman–Crippen LogP) is 2.20. The maximum absolute atomic E-state index is 11.8. The Morgan fingerprint density at radius 1 is 1.50 bits per heavy atom. The van der Waals surface area contributed by atoms with Gasteiger partial charge in [0.1, 0.15) is 6.10 Å². The van der Waals surface area contributed by atoms with Crippen LogP contribution in [-0.4, -0.2) is 30.0 Å². The molecule has 6 heteroatoms. The molecule has 0 rings (SSSR count). The van der Waals surface area contributed by atoms with Gasteiger partial charge in [-0.15, -0.1) is 0 Å². The Kier molecular flexibility index (Phi) is 6.10. The molecule has 0 saturated heterocycles. The van der Waals surface area contributed by atoms with E-state index in [4.69, 9.17) is 9.84 Å². The van der Waals surface area contributed by atoms with Crippen molar-refractivity contribution in [2.45, 2.75) is 38.5 Å². The number of carbonyl (C=O) groups excluding carboxylic acids is 1. The van der Waals surface area contributed by atoms with Crippen molar-refractivity contribution in [3.05, 3.63) is 12.2 Å². The Bertz CT molecular complexity index is 248. The fourth-order valence-corrected chi connectivity index (χ4v) is 0.970. The van der Waals surface area contributed by atoms with Gasteiger partial charge < -0.3 is 9.84 Å². The van der Waals surface area contributed by atoms with Crippen LogP contribution in [0.15, 0.2) is 12.2 Å². The van der Waals surface area contributed by atoms with Crippen LogP contribution in [0, 0.1) is 0 Å². The minimum atomic E-state index is -4.22. The van der Waals surface area contributed by atoms with E-state index in [2.05, 4.69) is 6.58 Å². The maximum Gasteiger partial charge on any atom is 0.389 e. The highest BCUT2D eigenvalue weighted by Gasteiger charge is 2.27. The smallest absolute Gasteiger partial charge is 0.389 e. The second-order valence-electron chi connectivity index (χ2n) is 3.50. The van der Waals surface area contributed by atoms with Gasteiger partial charge in [-0.25, -0.2) is 4.79 Å². The second kappa shape index (κ2) is 6.52. The van der Waals surface area contributed by atoms with Gasteiger partial charge in [-0.05, 0) is 19.8 Å². The van der Waals surface area contributed by atoms with Crippen molar-refractivity contribution in [3.63, 3.8) is 0 Å². The van der Waals surface area contributed by atoms with Gasteiger partial charge in [0.15, 0.2) is 0 Å². The molecular formula is C10H15F3O3. The Hall–Kier alpha value is -1.04. The topological polar surface area (TPSA) is 46.5 Å². The van der Waals surface area contributed by atoms with E-state index in [9.17, 15) is 18.0 Å². The first kappa shape index (κ1) is 15.0. The number of carbonyl (C=O) groups is 1. The molecule has 0 fully saturated rings. The highest BCUT2D eigenvalue weighted by molar-refractivity contribution is 5.87. The van der Waals surface area contributed by atoms with Crippen LogP contribution in [0.4, 0.5) is 13.2 Å². The van der Waals surface area contributed by atoms with Crippen LogP contribution in [0.1, 0.15) is 26.2 Å². The molecule has 0 aliphatic rings. The zero-order chi connectivity index (χ0) is 12.8. The van der Waals surface area contributed by atoms with Gasteiger partial charge in [0.2, 0.25) is 0 Å². The van der Waals surface area contributed by atoms with Gasteiger partial charge in [0.25, 0.3) is 0 Å². The lowest BCUT2D eigenvalue weighted by Gasteiger charge is -2.15. The highest BCUT2D eigenvalue weighted by atomic mass is 19.4. The molecule has 0 aromatic carbocycles. The van der Waals surface area contributed by atoms with E-state index in [1.165, 1.54) is 6.92 Å². The number of hydrogen-bond acceptors (Lipinski definition) is 3. The molecule has 0 aromatic heterocycles. The summed E-state index contributed by atoms with van der Waals surface area (Å²) in [6.07, 6.45) is -6.27. The van der Waals surface area contributed by atoms with Crippen molar-refractivity contribution in [1.29, 1.82) is 0 Å². The Morgan fingerprint density at radius 3 is 2.44 bits per heavy atom. The standard InChI is InChI=1S/C10H15F3O3/c1-7(2)9(15)16-8(6-14)4-3-5-10(11,12)13/h8,14H,1,3-6H2,2H3. The Labute approximate surface area is 91.9 Å². The number of hydrogen-bond donors (Lipinski definition) is 1. The molecule has 0 amide bonds. The number of halogens is 3. The molecule has 1 unspecified atom stereocenters. The number of aliphatic hydroxyl groups excluding tert-OH is 1. The molecule has 0 aliphatic carbocycles. The quantitative estimate of drug-likeness (QED) is 0.572. The molecule has 1 N–H and O–H groups in total. The normalized spacial score (nSPS) is 13.3. The summed E-state index contributed by atoms with van der Waals surface area (Å²) in [5, 5.41) is 8.80. The SMILES string of the molecule is C=C(C)C(=O)OC(CO)CCCC(F)(F)F. The molecule has 16 heavy (non-hydrogen) atoms. The van der Waals surface area contributed by atoms with Crippen molar-refractivity contribution in [1.82, 2.24) is 0 Å². The van der Waals surface area contributed by atoms with Crippen LogP contribution in [0.2, 0.25) is 0 Å². The highest BCUT2D eigenvalue weighted by Crippen LogP contribution is 2.23. The van der Waals surface area contributed by atoms with Gasteiger partial charge in [0, 0.05) is 12.0 Å². The first-order chi connectivity index (χ1) is 7.26. The summed E-state index contributed by atoms with van der Waals surface area (Å²) in [7, 11) is 0. The average Bonchev–Trinajstić information content (AvgIpc) is 2.13. The maximum atomic E-state index is 11.8. The van der Waals surface area contributed by atoms with Crippen LogP contribution in [-0.2, 0) is 9.53 Å². The summed E-state index contributed by atoms with van der Waals surface area (Å²) in [6.45, 7) is 4.26. The molecule has 0 bridgehead atoms.